The number of hydrogen-bond donors (Lipinski definition) is 1. The third-order valence-corrected chi connectivity index (χ3v) is 2.75. The topological polar surface area (TPSA) is 29.5 Å². The number of rotatable bonds is 5. The molecular formula is C16H15FO2. The van der Waals surface area contributed by atoms with Crippen molar-refractivity contribution >= 4 is 0 Å². The Kier molecular flexibility index (Phi) is 4.31. The number of hydrogen-bond acceptors (Lipinski definition) is 2. The molecule has 0 bridgehead atoms. The van der Waals surface area contributed by atoms with Gasteiger partial charge in [-0.3, -0.25) is 0 Å². The molecule has 0 spiro atoms. The molecule has 98 valence electrons. The zero-order chi connectivity index (χ0) is 13.7. The minimum absolute atomic E-state index is 0.321. The lowest BCUT2D eigenvalue weighted by Gasteiger charge is -2.14. The second kappa shape index (κ2) is 6.16. The lowest BCUT2D eigenvalue weighted by atomic mass is 10.1. The molecule has 2 nitrogen and oxygen atoms in total. The fourth-order valence-electron chi connectivity index (χ4n) is 1.74. The predicted octanol–water partition coefficient (Wildman–Crippen LogP) is 3.62. The molecule has 1 unspecified atom stereocenters. The van der Waals surface area contributed by atoms with Crippen molar-refractivity contribution in [2.75, 3.05) is 0 Å². The van der Waals surface area contributed by atoms with Crippen LogP contribution in [0.3, 0.4) is 0 Å². The van der Waals surface area contributed by atoms with E-state index >= 15 is 0 Å². The van der Waals surface area contributed by atoms with Crippen LogP contribution in [-0.4, -0.2) is 5.11 Å². The lowest BCUT2D eigenvalue weighted by Crippen LogP contribution is -2.02. The van der Waals surface area contributed by atoms with Crippen LogP contribution < -0.4 is 4.74 Å². The van der Waals surface area contributed by atoms with Gasteiger partial charge in [0.2, 0.25) is 0 Å². The van der Waals surface area contributed by atoms with Crippen molar-refractivity contribution in [2.24, 2.45) is 0 Å². The molecule has 2 aromatic carbocycles. The van der Waals surface area contributed by atoms with Gasteiger partial charge in [-0.1, -0.05) is 36.4 Å². The Hall–Kier alpha value is -2.13. The van der Waals surface area contributed by atoms with Gasteiger partial charge in [-0.2, -0.15) is 0 Å². The van der Waals surface area contributed by atoms with Gasteiger partial charge in [-0.25, -0.2) is 4.39 Å². The lowest BCUT2D eigenvalue weighted by molar-refractivity contribution is 0.216. The molecule has 0 aliphatic carbocycles. The molecule has 0 aliphatic heterocycles. The number of aliphatic hydroxyl groups excluding tert-OH is 1. The first kappa shape index (κ1) is 13.3. The zero-order valence-electron chi connectivity index (χ0n) is 10.4. The summed E-state index contributed by atoms with van der Waals surface area (Å²) >= 11 is 0. The maximum atomic E-state index is 13.3. The first-order chi connectivity index (χ1) is 9.20. The van der Waals surface area contributed by atoms with E-state index in [1.807, 2.05) is 30.3 Å². The van der Waals surface area contributed by atoms with E-state index in [2.05, 4.69) is 6.58 Å². The van der Waals surface area contributed by atoms with E-state index in [1.165, 1.54) is 24.3 Å². The SMILES string of the molecule is C=CC(O)c1ccc(F)cc1OCc1ccccc1. The molecule has 1 atom stereocenters. The average Bonchev–Trinajstić information content (AvgIpc) is 2.45. The minimum Gasteiger partial charge on any atom is -0.488 e. The van der Waals surface area contributed by atoms with Crippen molar-refractivity contribution in [3.8, 4) is 5.75 Å². The molecular weight excluding hydrogens is 243 g/mol. The molecule has 2 rings (SSSR count). The number of halogens is 1. The quantitative estimate of drug-likeness (QED) is 0.830. The maximum absolute atomic E-state index is 13.3. The van der Waals surface area contributed by atoms with Crippen LogP contribution in [0.15, 0.2) is 61.2 Å². The Bertz CT molecular complexity index is 552. The molecule has 0 amide bonds. The van der Waals surface area contributed by atoms with Crippen LogP contribution in [0.5, 0.6) is 5.75 Å². The van der Waals surface area contributed by atoms with E-state index in [4.69, 9.17) is 4.74 Å². The van der Waals surface area contributed by atoms with Crippen molar-refractivity contribution < 1.29 is 14.2 Å². The molecule has 3 heteroatoms. The van der Waals surface area contributed by atoms with E-state index in [0.717, 1.165) is 5.56 Å². The van der Waals surface area contributed by atoms with Gasteiger partial charge in [0.15, 0.2) is 0 Å². The van der Waals surface area contributed by atoms with Crippen molar-refractivity contribution in [2.45, 2.75) is 12.7 Å². The van der Waals surface area contributed by atoms with Crippen molar-refractivity contribution in [3.05, 3.63) is 78.1 Å². The highest BCUT2D eigenvalue weighted by molar-refractivity contribution is 5.37. The highest BCUT2D eigenvalue weighted by atomic mass is 19.1. The standard InChI is InChI=1S/C16H15FO2/c1-2-15(18)14-9-8-13(17)10-16(14)19-11-12-6-4-3-5-7-12/h2-10,15,18H,1,11H2. The number of ether oxygens (including phenoxy) is 1. The molecule has 0 fully saturated rings. The van der Waals surface area contributed by atoms with E-state index in [0.29, 0.717) is 17.9 Å². The molecule has 0 heterocycles. The summed E-state index contributed by atoms with van der Waals surface area (Å²) in [6.07, 6.45) is 0.508. The summed E-state index contributed by atoms with van der Waals surface area (Å²) in [5.41, 5.74) is 1.48. The predicted molar refractivity (Wildman–Crippen MR) is 72.3 cm³/mol. The van der Waals surface area contributed by atoms with Crippen LogP contribution in [0.1, 0.15) is 17.2 Å². The summed E-state index contributed by atoms with van der Waals surface area (Å²) in [4.78, 5) is 0. The highest BCUT2D eigenvalue weighted by Gasteiger charge is 2.11. The Morgan fingerprint density at radius 3 is 2.63 bits per heavy atom. The van der Waals surface area contributed by atoms with Gasteiger partial charge in [0.05, 0.1) is 0 Å². The van der Waals surface area contributed by atoms with E-state index in [1.54, 1.807) is 0 Å². The van der Waals surface area contributed by atoms with Crippen molar-refractivity contribution in [3.63, 3.8) is 0 Å². The summed E-state index contributed by atoms with van der Waals surface area (Å²) in [6.45, 7) is 3.84. The van der Waals surface area contributed by atoms with Gasteiger partial charge in [0.25, 0.3) is 0 Å². The van der Waals surface area contributed by atoms with Crippen molar-refractivity contribution in [1.82, 2.24) is 0 Å². The van der Waals surface area contributed by atoms with Crippen LogP contribution in [0.4, 0.5) is 4.39 Å². The van der Waals surface area contributed by atoms with E-state index < -0.39 is 11.9 Å². The first-order valence-corrected chi connectivity index (χ1v) is 5.97. The third kappa shape index (κ3) is 3.42. The molecule has 19 heavy (non-hydrogen) atoms. The highest BCUT2D eigenvalue weighted by Crippen LogP contribution is 2.27. The second-order valence-corrected chi connectivity index (χ2v) is 4.14. The van der Waals surface area contributed by atoms with Crippen LogP contribution >= 0.6 is 0 Å². The number of aliphatic hydroxyl groups is 1. The van der Waals surface area contributed by atoms with Gasteiger partial charge in [-0.05, 0) is 17.7 Å². The normalized spacial score (nSPS) is 11.9. The Labute approximate surface area is 111 Å². The Balaban J connectivity index is 2.19. The minimum atomic E-state index is -0.869. The molecule has 0 saturated heterocycles. The van der Waals surface area contributed by atoms with E-state index in [9.17, 15) is 9.50 Å². The first-order valence-electron chi connectivity index (χ1n) is 5.97. The average molecular weight is 258 g/mol. The molecule has 0 aliphatic rings. The van der Waals surface area contributed by atoms with Gasteiger partial charge in [0, 0.05) is 11.6 Å². The zero-order valence-corrected chi connectivity index (χ0v) is 10.4. The largest absolute Gasteiger partial charge is 0.488 e. The molecule has 0 radical (unpaired) electrons. The van der Waals surface area contributed by atoms with Crippen LogP contribution in [0, 0.1) is 5.82 Å². The van der Waals surface area contributed by atoms with Gasteiger partial charge in [0.1, 0.15) is 24.3 Å². The van der Waals surface area contributed by atoms with Gasteiger partial charge >= 0.3 is 0 Å². The fourth-order valence-corrected chi connectivity index (χ4v) is 1.74. The Morgan fingerprint density at radius 1 is 1.21 bits per heavy atom. The second-order valence-electron chi connectivity index (χ2n) is 4.14. The van der Waals surface area contributed by atoms with E-state index in [-0.39, 0.29) is 0 Å². The monoisotopic (exact) mass is 258 g/mol. The summed E-state index contributed by atoms with van der Waals surface area (Å²) in [5, 5.41) is 9.78. The summed E-state index contributed by atoms with van der Waals surface area (Å²) in [6, 6.07) is 13.6. The third-order valence-electron chi connectivity index (χ3n) is 2.75. The summed E-state index contributed by atoms with van der Waals surface area (Å²) in [5.74, 6) is -0.0701. The smallest absolute Gasteiger partial charge is 0.128 e. The van der Waals surface area contributed by atoms with Crippen molar-refractivity contribution in [1.29, 1.82) is 0 Å². The van der Waals surface area contributed by atoms with Crippen LogP contribution in [-0.2, 0) is 6.61 Å². The molecule has 0 aromatic heterocycles. The summed E-state index contributed by atoms with van der Waals surface area (Å²) < 4.78 is 18.8. The van der Waals surface area contributed by atoms with Gasteiger partial charge in [-0.15, -0.1) is 6.58 Å². The molecule has 0 saturated carbocycles. The summed E-state index contributed by atoms with van der Waals surface area (Å²) in [7, 11) is 0. The van der Waals surface area contributed by atoms with Crippen LogP contribution in [0.25, 0.3) is 0 Å². The molecule has 2 aromatic rings. The maximum Gasteiger partial charge on any atom is 0.128 e. The molecule has 1 N–H and O–H groups in total. The van der Waals surface area contributed by atoms with Gasteiger partial charge < -0.3 is 9.84 Å². The van der Waals surface area contributed by atoms with Crippen LogP contribution in [0.2, 0.25) is 0 Å². The number of benzene rings is 2. The fraction of sp³-hybridized carbons (Fsp3) is 0.125. The Morgan fingerprint density at radius 2 is 1.95 bits per heavy atom.